The molecule has 1 aromatic carbocycles. The second kappa shape index (κ2) is 4.66. The van der Waals surface area contributed by atoms with Gasteiger partial charge < -0.3 is 10.0 Å². The molecule has 0 aliphatic rings. The van der Waals surface area contributed by atoms with Gasteiger partial charge in [-0.25, -0.2) is 4.79 Å². The zero-order valence-electron chi connectivity index (χ0n) is 7.50. The smallest absolute Gasteiger partial charge is 0.407 e. The maximum Gasteiger partial charge on any atom is 0.407 e. The number of nitrogens with zero attached hydrogens (tertiary/aromatic N) is 1. The topological polar surface area (TPSA) is 40.5 Å². The number of hydrogen-bond acceptors (Lipinski definition) is 1. The van der Waals surface area contributed by atoms with Crippen LogP contribution in [0.3, 0.4) is 0 Å². The fourth-order valence-electron chi connectivity index (χ4n) is 0.979. The molecule has 0 fully saturated rings. The van der Waals surface area contributed by atoms with Crippen LogP contribution in [0.15, 0.2) is 22.7 Å². The summed E-state index contributed by atoms with van der Waals surface area (Å²) in [5, 5.41) is 9.24. The molecule has 5 heteroatoms. The zero-order chi connectivity index (χ0) is 10.7. The Labute approximate surface area is 95.4 Å². The maximum absolute atomic E-state index is 10.5. The molecule has 0 aliphatic carbocycles. The second-order valence-corrected chi connectivity index (χ2v) is 4.15. The van der Waals surface area contributed by atoms with E-state index in [1.807, 2.05) is 6.07 Å². The molecule has 3 nitrogen and oxygen atoms in total. The molecular formula is C9H9BrClNO2. The van der Waals surface area contributed by atoms with Crippen LogP contribution in [0.4, 0.5) is 4.79 Å². The highest BCUT2D eigenvalue weighted by Crippen LogP contribution is 2.23. The molecule has 0 saturated heterocycles. The number of halogens is 2. The van der Waals surface area contributed by atoms with Gasteiger partial charge in [0.25, 0.3) is 0 Å². The molecule has 0 bridgehead atoms. The van der Waals surface area contributed by atoms with Gasteiger partial charge in [-0.2, -0.15) is 0 Å². The van der Waals surface area contributed by atoms with Gasteiger partial charge in [-0.15, -0.1) is 0 Å². The van der Waals surface area contributed by atoms with Crippen molar-refractivity contribution in [3.63, 3.8) is 0 Å². The van der Waals surface area contributed by atoms with Crippen molar-refractivity contribution in [2.45, 2.75) is 6.54 Å². The van der Waals surface area contributed by atoms with Gasteiger partial charge in [-0.3, -0.25) is 0 Å². The molecule has 1 amide bonds. The van der Waals surface area contributed by atoms with Crippen LogP contribution >= 0.6 is 27.5 Å². The molecule has 0 unspecified atom stereocenters. The van der Waals surface area contributed by atoms with Gasteiger partial charge in [-0.05, 0) is 33.6 Å². The predicted octanol–water partition coefficient (Wildman–Crippen LogP) is 3.21. The van der Waals surface area contributed by atoms with Crippen LogP contribution in [0.1, 0.15) is 5.56 Å². The van der Waals surface area contributed by atoms with Crippen molar-refractivity contribution in [1.82, 2.24) is 4.90 Å². The highest BCUT2D eigenvalue weighted by Gasteiger charge is 2.06. The Bertz CT molecular complexity index is 357. The summed E-state index contributed by atoms with van der Waals surface area (Å²) in [7, 11) is 1.51. The average molecular weight is 279 g/mol. The zero-order valence-corrected chi connectivity index (χ0v) is 9.84. The molecule has 0 aromatic heterocycles. The molecule has 0 spiro atoms. The van der Waals surface area contributed by atoms with Crippen molar-refractivity contribution in [2.24, 2.45) is 0 Å². The molecule has 14 heavy (non-hydrogen) atoms. The lowest BCUT2D eigenvalue weighted by Crippen LogP contribution is -2.23. The second-order valence-electron chi connectivity index (χ2n) is 2.89. The molecule has 1 N–H and O–H groups in total. The van der Waals surface area contributed by atoms with Crippen LogP contribution in [0.5, 0.6) is 0 Å². The van der Waals surface area contributed by atoms with Crippen LogP contribution < -0.4 is 0 Å². The van der Waals surface area contributed by atoms with Gasteiger partial charge in [0.05, 0.1) is 5.02 Å². The fraction of sp³-hybridized carbons (Fsp3) is 0.222. The molecule has 0 atom stereocenters. The van der Waals surface area contributed by atoms with E-state index in [1.54, 1.807) is 12.1 Å². The third-order valence-electron chi connectivity index (χ3n) is 1.73. The first kappa shape index (κ1) is 11.3. The van der Waals surface area contributed by atoms with E-state index in [1.165, 1.54) is 11.9 Å². The minimum Gasteiger partial charge on any atom is -0.465 e. The third-order valence-corrected chi connectivity index (χ3v) is 2.96. The summed E-state index contributed by atoms with van der Waals surface area (Å²) in [4.78, 5) is 11.7. The van der Waals surface area contributed by atoms with E-state index in [4.69, 9.17) is 16.7 Å². The fourth-order valence-corrected chi connectivity index (χ4v) is 1.43. The van der Waals surface area contributed by atoms with Crippen LogP contribution in [0, 0.1) is 0 Å². The van der Waals surface area contributed by atoms with E-state index in [2.05, 4.69) is 15.9 Å². The lowest BCUT2D eigenvalue weighted by Gasteiger charge is -2.12. The predicted molar refractivity (Wildman–Crippen MR) is 58.6 cm³/mol. The summed E-state index contributed by atoms with van der Waals surface area (Å²) in [6, 6.07) is 5.37. The van der Waals surface area contributed by atoms with Crippen LogP contribution in [-0.4, -0.2) is 23.1 Å². The summed E-state index contributed by atoms with van der Waals surface area (Å²) in [6.45, 7) is 0.336. The molecule has 0 radical (unpaired) electrons. The first-order valence-electron chi connectivity index (χ1n) is 3.88. The van der Waals surface area contributed by atoms with E-state index in [9.17, 15) is 4.79 Å². The molecule has 1 aromatic rings. The number of rotatable bonds is 2. The van der Waals surface area contributed by atoms with E-state index in [-0.39, 0.29) is 0 Å². The lowest BCUT2D eigenvalue weighted by molar-refractivity contribution is 0.154. The molecule has 0 saturated carbocycles. The standard InChI is InChI=1S/C9H9BrClNO2/c1-12(9(13)14)5-6-2-3-7(10)8(11)4-6/h2-4H,5H2,1H3,(H,13,14). The monoisotopic (exact) mass is 277 g/mol. The average Bonchev–Trinajstić information content (AvgIpc) is 2.11. The first-order valence-corrected chi connectivity index (χ1v) is 5.06. The number of hydrogen-bond donors (Lipinski definition) is 1. The van der Waals surface area contributed by atoms with Crippen molar-refractivity contribution in [2.75, 3.05) is 7.05 Å². The van der Waals surface area contributed by atoms with E-state index < -0.39 is 6.09 Å². The molecule has 0 heterocycles. The molecular weight excluding hydrogens is 269 g/mol. The Morgan fingerprint density at radius 1 is 1.64 bits per heavy atom. The third kappa shape index (κ3) is 2.89. The van der Waals surface area contributed by atoms with Crippen LogP contribution in [0.25, 0.3) is 0 Å². The normalized spacial score (nSPS) is 9.93. The summed E-state index contributed by atoms with van der Waals surface area (Å²) < 4.78 is 0.806. The van der Waals surface area contributed by atoms with Crippen molar-refractivity contribution < 1.29 is 9.90 Å². The molecule has 76 valence electrons. The SMILES string of the molecule is CN(Cc1ccc(Br)c(Cl)c1)C(=O)O. The number of carboxylic acid groups (broad SMARTS) is 1. The van der Waals surface area contributed by atoms with Crippen molar-refractivity contribution in [1.29, 1.82) is 0 Å². The summed E-state index contributed by atoms with van der Waals surface area (Å²) >= 11 is 9.13. The number of carbonyl (C=O) groups is 1. The summed E-state index contributed by atoms with van der Waals surface area (Å²) in [5.74, 6) is 0. The van der Waals surface area contributed by atoms with Crippen molar-refractivity contribution in [3.05, 3.63) is 33.3 Å². The summed E-state index contributed by atoms with van der Waals surface area (Å²) in [5.41, 5.74) is 0.864. The Morgan fingerprint density at radius 2 is 2.29 bits per heavy atom. The number of benzene rings is 1. The van der Waals surface area contributed by atoms with Gasteiger partial charge in [0.15, 0.2) is 0 Å². The van der Waals surface area contributed by atoms with Crippen molar-refractivity contribution in [3.8, 4) is 0 Å². The summed E-state index contributed by atoms with van der Waals surface area (Å²) in [6.07, 6.45) is -0.955. The molecule has 1 rings (SSSR count). The maximum atomic E-state index is 10.5. The van der Waals surface area contributed by atoms with Crippen molar-refractivity contribution >= 4 is 33.6 Å². The first-order chi connectivity index (χ1) is 6.50. The van der Waals surface area contributed by atoms with E-state index in [0.29, 0.717) is 11.6 Å². The Hall–Kier alpha value is -0.740. The quantitative estimate of drug-likeness (QED) is 0.902. The lowest BCUT2D eigenvalue weighted by atomic mass is 10.2. The van der Waals surface area contributed by atoms with Gasteiger partial charge in [-0.1, -0.05) is 17.7 Å². The van der Waals surface area contributed by atoms with Gasteiger partial charge >= 0.3 is 6.09 Å². The minimum atomic E-state index is -0.955. The van der Waals surface area contributed by atoms with Crippen LogP contribution in [-0.2, 0) is 6.54 Å². The van der Waals surface area contributed by atoms with E-state index in [0.717, 1.165) is 10.0 Å². The Morgan fingerprint density at radius 3 is 2.79 bits per heavy atom. The minimum absolute atomic E-state index is 0.336. The Kier molecular flexibility index (Phi) is 3.77. The molecule has 0 aliphatic heterocycles. The van der Waals surface area contributed by atoms with Gasteiger partial charge in [0, 0.05) is 18.1 Å². The highest BCUT2D eigenvalue weighted by atomic mass is 79.9. The number of amides is 1. The highest BCUT2D eigenvalue weighted by molar-refractivity contribution is 9.10. The van der Waals surface area contributed by atoms with Gasteiger partial charge in [0.1, 0.15) is 0 Å². The van der Waals surface area contributed by atoms with E-state index >= 15 is 0 Å². The largest absolute Gasteiger partial charge is 0.465 e. The van der Waals surface area contributed by atoms with Gasteiger partial charge in [0.2, 0.25) is 0 Å². The van der Waals surface area contributed by atoms with Crippen LogP contribution in [0.2, 0.25) is 5.02 Å². The Balaban J connectivity index is 2.78.